The van der Waals surface area contributed by atoms with Crippen molar-refractivity contribution >= 4 is 11.9 Å². The highest BCUT2D eigenvalue weighted by molar-refractivity contribution is 5.88. The van der Waals surface area contributed by atoms with Crippen molar-refractivity contribution in [2.75, 3.05) is 20.3 Å². The third-order valence-electron chi connectivity index (χ3n) is 4.12. The number of carboxylic acids is 1. The minimum Gasteiger partial charge on any atom is -0.478 e. The number of furan rings is 1. The van der Waals surface area contributed by atoms with Gasteiger partial charge in [0.15, 0.2) is 0 Å². The predicted molar refractivity (Wildman–Crippen MR) is 85.9 cm³/mol. The van der Waals surface area contributed by atoms with E-state index in [1.165, 1.54) is 11.0 Å². The minimum atomic E-state index is -1.04. The fourth-order valence-electron chi connectivity index (χ4n) is 2.72. The fraction of sp³-hybridized carbons (Fsp3) is 0.647. The Labute approximate surface area is 141 Å². The van der Waals surface area contributed by atoms with E-state index in [9.17, 15) is 9.59 Å². The van der Waals surface area contributed by atoms with Crippen LogP contribution >= 0.6 is 0 Å². The molecule has 1 fully saturated rings. The van der Waals surface area contributed by atoms with Crippen LogP contribution in [-0.4, -0.2) is 54.4 Å². The summed E-state index contributed by atoms with van der Waals surface area (Å²) in [6.45, 7) is 4.65. The van der Waals surface area contributed by atoms with Gasteiger partial charge in [-0.15, -0.1) is 0 Å². The zero-order valence-electron chi connectivity index (χ0n) is 14.4. The van der Waals surface area contributed by atoms with Crippen molar-refractivity contribution in [3.8, 4) is 0 Å². The van der Waals surface area contributed by atoms with Gasteiger partial charge in [0.1, 0.15) is 23.2 Å². The first-order valence-corrected chi connectivity index (χ1v) is 8.19. The average molecular weight is 339 g/mol. The van der Waals surface area contributed by atoms with Crippen LogP contribution in [0.25, 0.3) is 0 Å². The quantitative estimate of drug-likeness (QED) is 0.819. The summed E-state index contributed by atoms with van der Waals surface area (Å²) in [6.07, 6.45) is 2.63. The van der Waals surface area contributed by atoms with Crippen LogP contribution in [0.4, 0.5) is 0 Å². The van der Waals surface area contributed by atoms with Crippen molar-refractivity contribution in [1.29, 1.82) is 0 Å². The Bertz CT molecular complexity index is 576. The second kappa shape index (κ2) is 8.30. The van der Waals surface area contributed by atoms with Gasteiger partial charge in [-0.1, -0.05) is 0 Å². The predicted octanol–water partition coefficient (Wildman–Crippen LogP) is 2.22. The molecule has 2 rings (SSSR count). The molecule has 2 heterocycles. The van der Waals surface area contributed by atoms with Crippen molar-refractivity contribution in [3.05, 3.63) is 23.2 Å². The van der Waals surface area contributed by atoms with Crippen LogP contribution in [0.15, 0.2) is 10.5 Å². The molecule has 7 heteroatoms. The number of carboxylic acid groups (broad SMARTS) is 1. The number of rotatable bonds is 7. The molecule has 0 saturated carbocycles. The van der Waals surface area contributed by atoms with Gasteiger partial charge in [-0.25, -0.2) is 4.79 Å². The molecule has 1 aromatic rings. The zero-order chi connectivity index (χ0) is 17.7. The van der Waals surface area contributed by atoms with Crippen LogP contribution < -0.4 is 0 Å². The molecule has 0 bridgehead atoms. The zero-order valence-corrected chi connectivity index (χ0v) is 14.4. The maximum Gasteiger partial charge on any atom is 0.339 e. The number of hydrogen-bond acceptors (Lipinski definition) is 5. The summed E-state index contributed by atoms with van der Waals surface area (Å²) < 4.78 is 16.6. The van der Waals surface area contributed by atoms with Gasteiger partial charge in [-0.2, -0.15) is 0 Å². The minimum absolute atomic E-state index is 0.0603. The molecule has 0 unspecified atom stereocenters. The molecule has 1 saturated heterocycles. The molecule has 1 aromatic heterocycles. The number of amides is 1. The van der Waals surface area contributed by atoms with Gasteiger partial charge in [-0.05, 0) is 39.2 Å². The van der Waals surface area contributed by atoms with E-state index >= 15 is 0 Å². The Hall–Kier alpha value is -1.86. The summed E-state index contributed by atoms with van der Waals surface area (Å²) in [7, 11) is 1.64. The molecule has 1 N–H and O–H groups in total. The smallest absolute Gasteiger partial charge is 0.339 e. The van der Waals surface area contributed by atoms with E-state index < -0.39 is 12.1 Å². The van der Waals surface area contributed by atoms with E-state index in [-0.39, 0.29) is 24.1 Å². The number of ether oxygens (including phenoxy) is 2. The van der Waals surface area contributed by atoms with Gasteiger partial charge < -0.3 is 23.9 Å². The van der Waals surface area contributed by atoms with Crippen LogP contribution in [0.3, 0.4) is 0 Å². The Kier molecular flexibility index (Phi) is 6.39. The third-order valence-corrected chi connectivity index (χ3v) is 4.12. The molecule has 2 atom stereocenters. The molecule has 7 nitrogen and oxygen atoms in total. The lowest BCUT2D eigenvalue weighted by Gasteiger charge is -2.25. The number of likely N-dealkylation sites (N-methyl/N-ethyl adjacent to an activating group) is 1. The van der Waals surface area contributed by atoms with Crippen molar-refractivity contribution in [1.82, 2.24) is 4.90 Å². The largest absolute Gasteiger partial charge is 0.478 e. The second-order valence-corrected chi connectivity index (χ2v) is 6.15. The highest BCUT2D eigenvalue weighted by atomic mass is 16.5. The summed E-state index contributed by atoms with van der Waals surface area (Å²) in [5.74, 6) is -0.460. The Morgan fingerprint density at radius 1 is 1.46 bits per heavy atom. The van der Waals surface area contributed by atoms with E-state index in [1.54, 1.807) is 20.9 Å². The Morgan fingerprint density at radius 3 is 2.79 bits per heavy atom. The molecular formula is C17H25NO6. The number of carbonyl (C=O) groups excluding carboxylic acids is 1. The standard InChI is InChI=1S/C17H25NO6/c1-11-15(17(20)21)8-14(24-11)9-18(3)16(19)12(2)23-10-13-6-4-5-7-22-13/h8,12-13H,4-7,9-10H2,1-3H3,(H,20,21)/t12-,13-/m0/s1. The lowest BCUT2D eigenvalue weighted by atomic mass is 10.1. The first kappa shape index (κ1) is 18.5. The van der Waals surface area contributed by atoms with Gasteiger partial charge in [-0.3, -0.25) is 4.79 Å². The normalized spacial score (nSPS) is 19.0. The van der Waals surface area contributed by atoms with E-state index in [2.05, 4.69) is 0 Å². The highest BCUT2D eigenvalue weighted by Crippen LogP contribution is 2.17. The molecule has 1 amide bonds. The van der Waals surface area contributed by atoms with Gasteiger partial charge in [0, 0.05) is 13.7 Å². The lowest BCUT2D eigenvalue weighted by molar-refractivity contribution is -0.145. The van der Waals surface area contributed by atoms with Gasteiger partial charge in [0.25, 0.3) is 5.91 Å². The van der Waals surface area contributed by atoms with Crippen molar-refractivity contribution in [2.24, 2.45) is 0 Å². The molecule has 1 aliphatic heterocycles. The number of nitrogens with zero attached hydrogens (tertiary/aromatic N) is 1. The van der Waals surface area contributed by atoms with E-state index in [1.807, 2.05) is 0 Å². The highest BCUT2D eigenvalue weighted by Gasteiger charge is 2.23. The molecule has 0 aromatic carbocycles. The first-order valence-electron chi connectivity index (χ1n) is 8.19. The third kappa shape index (κ3) is 4.82. The number of aromatic carboxylic acids is 1. The Morgan fingerprint density at radius 2 is 2.21 bits per heavy atom. The number of hydrogen-bond donors (Lipinski definition) is 1. The second-order valence-electron chi connectivity index (χ2n) is 6.15. The van der Waals surface area contributed by atoms with Crippen LogP contribution in [0.1, 0.15) is 48.1 Å². The number of aryl methyl sites for hydroxylation is 1. The van der Waals surface area contributed by atoms with Gasteiger partial charge in [0.2, 0.25) is 0 Å². The summed E-state index contributed by atoms with van der Waals surface area (Å²) in [6, 6.07) is 1.45. The summed E-state index contributed by atoms with van der Waals surface area (Å²) in [4.78, 5) is 24.8. The van der Waals surface area contributed by atoms with Crippen LogP contribution in [0.5, 0.6) is 0 Å². The fourth-order valence-corrected chi connectivity index (χ4v) is 2.72. The van der Waals surface area contributed by atoms with E-state index in [0.717, 1.165) is 25.9 Å². The topological polar surface area (TPSA) is 89.2 Å². The molecule has 24 heavy (non-hydrogen) atoms. The number of carbonyl (C=O) groups is 2. The van der Waals surface area contributed by atoms with Gasteiger partial charge >= 0.3 is 5.97 Å². The lowest BCUT2D eigenvalue weighted by Crippen LogP contribution is -2.37. The van der Waals surface area contributed by atoms with Crippen LogP contribution in [-0.2, 0) is 20.8 Å². The van der Waals surface area contributed by atoms with Crippen molar-refractivity contribution in [3.63, 3.8) is 0 Å². The SMILES string of the molecule is Cc1oc(CN(C)C(=O)[C@H](C)OC[C@@H]2CCCCO2)cc1C(=O)O. The van der Waals surface area contributed by atoms with E-state index in [4.69, 9.17) is 19.0 Å². The monoisotopic (exact) mass is 339 g/mol. The Balaban J connectivity index is 1.84. The van der Waals surface area contributed by atoms with Crippen LogP contribution in [0, 0.1) is 6.92 Å². The van der Waals surface area contributed by atoms with E-state index in [0.29, 0.717) is 18.1 Å². The molecule has 0 aliphatic carbocycles. The van der Waals surface area contributed by atoms with Gasteiger partial charge in [0.05, 0.1) is 19.3 Å². The molecule has 1 aliphatic rings. The maximum atomic E-state index is 12.3. The van der Waals surface area contributed by atoms with Crippen molar-refractivity contribution < 1.29 is 28.6 Å². The molecule has 0 radical (unpaired) electrons. The summed E-state index contributed by atoms with van der Waals surface area (Å²) >= 11 is 0. The van der Waals surface area contributed by atoms with Crippen LogP contribution in [0.2, 0.25) is 0 Å². The molecule has 0 spiro atoms. The van der Waals surface area contributed by atoms with Crippen molar-refractivity contribution in [2.45, 2.75) is 51.9 Å². The maximum absolute atomic E-state index is 12.3. The summed E-state index contributed by atoms with van der Waals surface area (Å²) in [5, 5.41) is 9.03. The first-order chi connectivity index (χ1) is 11.4. The molecule has 134 valence electrons. The summed E-state index contributed by atoms with van der Waals surface area (Å²) in [5.41, 5.74) is 0.115. The molecular weight excluding hydrogens is 314 g/mol. The average Bonchev–Trinajstić information content (AvgIpc) is 2.93.